The third-order valence-corrected chi connectivity index (χ3v) is 4.38. The van der Waals surface area contributed by atoms with Crippen LogP contribution in [-0.2, 0) is 20.6 Å². The van der Waals surface area contributed by atoms with Crippen molar-refractivity contribution in [1.82, 2.24) is 14.1 Å². The predicted molar refractivity (Wildman–Crippen MR) is 91.3 cm³/mol. The number of H-pyrrole nitrogens is 1. The number of halogens is 1. The van der Waals surface area contributed by atoms with Crippen molar-refractivity contribution < 1.29 is 14.1 Å². The molecule has 0 bridgehead atoms. The Hall–Kier alpha value is -2.87. The highest BCUT2D eigenvalue weighted by molar-refractivity contribution is 6.27. The number of nitrogens with zero attached hydrogens (tertiary/aromatic N) is 3. The molecule has 2 heterocycles. The fourth-order valence-electron chi connectivity index (χ4n) is 2.64. The first-order valence-electron chi connectivity index (χ1n) is 7.39. The summed E-state index contributed by atoms with van der Waals surface area (Å²) >= 11 is 6.17. The number of methoxy groups -OCH3 is 1. The van der Waals surface area contributed by atoms with E-state index >= 15 is 0 Å². The number of ether oxygens (including phenoxy) is 1. The number of benzene rings is 1. The van der Waals surface area contributed by atoms with E-state index in [1.54, 1.807) is 31.4 Å². The van der Waals surface area contributed by atoms with Gasteiger partial charge >= 0.3 is 16.5 Å². The van der Waals surface area contributed by atoms with Crippen LogP contribution in [0.4, 0.5) is 0 Å². The number of nitrogens with one attached hydrogen (secondary N) is 1. The Morgan fingerprint density at radius 3 is 2.44 bits per heavy atom. The number of rotatable bonds is 4. The number of ketones is 1. The highest BCUT2D eigenvalue weighted by atomic mass is 35.5. The van der Waals surface area contributed by atoms with Crippen molar-refractivity contribution in [2.75, 3.05) is 7.11 Å². The molecule has 0 saturated heterocycles. The molecule has 130 valence electrons. The number of hydrogen-bond acceptors (Lipinski definition) is 4. The zero-order chi connectivity index (χ0) is 18.3. The van der Waals surface area contributed by atoms with Crippen LogP contribution in [-0.4, -0.2) is 27.0 Å². The third kappa shape index (κ3) is 2.74. The summed E-state index contributed by atoms with van der Waals surface area (Å²) in [5.74, 6) is 0.407. The van der Waals surface area contributed by atoms with Gasteiger partial charge < -0.3 is 4.74 Å². The highest BCUT2D eigenvalue weighted by Gasteiger charge is 2.26. The molecule has 0 aliphatic heterocycles. The maximum atomic E-state index is 12.5. The van der Waals surface area contributed by atoms with E-state index in [1.165, 1.54) is 23.2 Å². The Kier molecular flexibility index (Phi) is 4.22. The Balaban J connectivity index is 2.10. The lowest BCUT2D eigenvalue weighted by Crippen LogP contribution is -2.45. The number of fused-ring (bicyclic) bond motifs is 1. The molecule has 0 atom stereocenters. The average Bonchev–Trinajstić information content (AvgIpc) is 2.94. The SMILES string of the molecule is COc1ccc(C(=O)C[n+]2c(Cl)[nH]c3c2c(=O)n(C)c(=O)n3C)cc1. The standard InChI is InChI=1S/C16H15ClN4O4/c1-19-13-12(14(23)20(2)16(19)24)21(15(17)18-13)8-11(22)9-4-6-10(25-3)7-5-9/h4-7H,8H2,1-3H3/p+1. The monoisotopic (exact) mass is 363 g/mol. The van der Waals surface area contributed by atoms with E-state index in [4.69, 9.17) is 16.3 Å². The Bertz CT molecular complexity index is 1090. The summed E-state index contributed by atoms with van der Waals surface area (Å²) in [6, 6.07) is 6.63. The molecule has 2 aromatic heterocycles. The molecule has 3 rings (SSSR count). The molecule has 0 saturated carbocycles. The number of carbonyl (C=O) groups excluding carboxylic acids is 1. The first kappa shape index (κ1) is 17.0. The van der Waals surface area contributed by atoms with Gasteiger partial charge in [-0.2, -0.15) is 4.57 Å². The van der Waals surface area contributed by atoms with Gasteiger partial charge in [0.15, 0.2) is 6.54 Å². The topological polar surface area (TPSA) is 90.0 Å². The minimum Gasteiger partial charge on any atom is -0.497 e. The summed E-state index contributed by atoms with van der Waals surface area (Å²) < 4.78 is 8.68. The van der Waals surface area contributed by atoms with Crippen molar-refractivity contribution in [2.45, 2.75) is 6.54 Å². The summed E-state index contributed by atoms with van der Waals surface area (Å²) in [5, 5.41) is 0.0927. The van der Waals surface area contributed by atoms with E-state index in [9.17, 15) is 14.4 Å². The van der Waals surface area contributed by atoms with E-state index in [1.807, 2.05) is 0 Å². The van der Waals surface area contributed by atoms with Crippen LogP contribution in [0.1, 0.15) is 10.4 Å². The second kappa shape index (κ2) is 6.21. The first-order valence-corrected chi connectivity index (χ1v) is 7.77. The lowest BCUT2D eigenvalue weighted by Gasteiger charge is -2.03. The zero-order valence-corrected chi connectivity index (χ0v) is 14.6. The molecular weight excluding hydrogens is 348 g/mol. The molecule has 0 radical (unpaired) electrons. The number of aryl methyl sites for hydroxylation is 1. The van der Waals surface area contributed by atoms with Crippen LogP contribution in [0.5, 0.6) is 5.75 Å². The van der Waals surface area contributed by atoms with Gasteiger partial charge in [0.05, 0.1) is 7.11 Å². The largest absolute Gasteiger partial charge is 0.497 e. The van der Waals surface area contributed by atoms with E-state index in [-0.39, 0.29) is 28.8 Å². The minimum atomic E-state index is -0.524. The lowest BCUT2D eigenvalue weighted by molar-refractivity contribution is -0.655. The van der Waals surface area contributed by atoms with Gasteiger partial charge in [-0.3, -0.25) is 18.7 Å². The number of Topliss-reactive ketones (excluding diaryl/α,β-unsaturated/α-hetero) is 1. The molecule has 0 fully saturated rings. The second-order valence-electron chi connectivity index (χ2n) is 5.56. The van der Waals surface area contributed by atoms with Crippen molar-refractivity contribution in [3.8, 4) is 5.75 Å². The molecule has 0 aliphatic rings. The third-order valence-electron chi connectivity index (χ3n) is 4.08. The molecule has 0 spiro atoms. The normalized spacial score (nSPS) is 11.0. The summed E-state index contributed by atoms with van der Waals surface area (Å²) in [6.45, 7) is -0.140. The van der Waals surface area contributed by atoms with E-state index in [0.717, 1.165) is 4.57 Å². The molecule has 8 nitrogen and oxygen atoms in total. The summed E-state index contributed by atoms with van der Waals surface area (Å²) in [5.41, 5.74) is -0.120. The van der Waals surface area contributed by atoms with Gasteiger partial charge in [-0.15, -0.1) is 0 Å². The van der Waals surface area contributed by atoms with Crippen molar-refractivity contribution >= 4 is 28.5 Å². The van der Waals surface area contributed by atoms with E-state index < -0.39 is 11.2 Å². The maximum absolute atomic E-state index is 12.5. The van der Waals surface area contributed by atoms with E-state index in [0.29, 0.717) is 11.3 Å². The molecule has 9 heteroatoms. The maximum Gasteiger partial charge on any atom is 0.355 e. The number of aromatic amines is 1. The Morgan fingerprint density at radius 1 is 1.20 bits per heavy atom. The van der Waals surface area contributed by atoms with Gasteiger partial charge in [0, 0.05) is 31.3 Å². The fourth-order valence-corrected chi connectivity index (χ4v) is 2.87. The van der Waals surface area contributed by atoms with Crippen molar-refractivity contribution in [3.05, 3.63) is 56.0 Å². The van der Waals surface area contributed by atoms with Crippen LogP contribution >= 0.6 is 11.6 Å². The minimum absolute atomic E-state index is 0.0927. The van der Waals surface area contributed by atoms with Crippen molar-refractivity contribution in [2.24, 2.45) is 14.1 Å². The first-order chi connectivity index (χ1) is 11.8. The number of imidazole rings is 1. The van der Waals surface area contributed by atoms with Crippen LogP contribution in [0.15, 0.2) is 33.9 Å². The van der Waals surface area contributed by atoms with E-state index in [2.05, 4.69) is 4.98 Å². The Morgan fingerprint density at radius 2 is 1.84 bits per heavy atom. The number of hydrogen-bond donors (Lipinski definition) is 1. The van der Waals surface area contributed by atoms with Gasteiger partial charge in [0.2, 0.25) is 5.78 Å². The van der Waals surface area contributed by atoms with Crippen LogP contribution < -0.4 is 20.6 Å². The summed E-state index contributed by atoms with van der Waals surface area (Å²) in [4.78, 5) is 39.8. The van der Waals surface area contributed by atoms with Crippen LogP contribution in [0.2, 0.25) is 5.28 Å². The number of aromatic nitrogens is 4. The molecule has 0 amide bonds. The fraction of sp³-hybridized carbons (Fsp3) is 0.250. The molecule has 3 aromatic rings. The lowest BCUT2D eigenvalue weighted by atomic mass is 10.1. The van der Waals surface area contributed by atoms with Gasteiger partial charge in [-0.05, 0) is 24.3 Å². The quantitative estimate of drug-likeness (QED) is 0.412. The van der Waals surface area contributed by atoms with Gasteiger partial charge in [0.25, 0.3) is 11.2 Å². The van der Waals surface area contributed by atoms with Crippen molar-refractivity contribution in [3.63, 3.8) is 0 Å². The van der Waals surface area contributed by atoms with Gasteiger partial charge in [0.1, 0.15) is 5.75 Å². The molecular formula is C16H16ClN4O4+. The van der Waals surface area contributed by atoms with Crippen LogP contribution in [0.25, 0.3) is 11.2 Å². The predicted octanol–water partition coefficient (Wildman–Crippen LogP) is 0.398. The summed E-state index contributed by atoms with van der Waals surface area (Å²) in [6.07, 6.45) is 0. The number of carbonyl (C=O) groups is 1. The van der Waals surface area contributed by atoms with Crippen LogP contribution in [0.3, 0.4) is 0 Å². The molecule has 1 N–H and O–H groups in total. The molecule has 0 unspecified atom stereocenters. The molecule has 1 aromatic carbocycles. The highest BCUT2D eigenvalue weighted by Crippen LogP contribution is 2.13. The van der Waals surface area contributed by atoms with Crippen molar-refractivity contribution in [1.29, 1.82) is 0 Å². The molecule has 25 heavy (non-hydrogen) atoms. The van der Waals surface area contributed by atoms with Crippen LogP contribution in [0, 0.1) is 0 Å². The van der Waals surface area contributed by atoms with Gasteiger partial charge in [-0.25, -0.2) is 9.78 Å². The average molecular weight is 364 g/mol. The summed E-state index contributed by atoms with van der Waals surface area (Å²) in [7, 11) is 4.44. The Labute approximate surface area is 146 Å². The smallest absolute Gasteiger partial charge is 0.355 e. The van der Waals surface area contributed by atoms with Gasteiger partial charge in [-0.1, -0.05) is 0 Å². The molecule has 0 aliphatic carbocycles. The zero-order valence-electron chi connectivity index (χ0n) is 13.9. The second-order valence-corrected chi connectivity index (χ2v) is 5.91.